The van der Waals surface area contributed by atoms with Gasteiger partial charge in [-0.15, -0.1) is 0 Å². The predicted molar refractivity (Wildman–Crippen MR) is 262 cm³/mol. The molecule has 2 aliphatic heterocycles. The fourth-order valence-corrected chi connectivity index (χ4v) is 8.79. The number of nitrogens with one attached hydrogen (secondary N) is 4. The van der Waals surface area contributed by atoms with Crippen LogP contribution in [0.1, 0.15) is 61.8 Å². The Morgan fingerprint density at radius 1 is 0.568 bits per heavy atom. The monoisotopic (exact) mass is 1050 g/mol. The molecule has 3 aromatic carbocycles. The Balaban J connectivity index is 1.20. The smallest absolute Gasteiger partial charge is 0.374 e. The molecule has 0 aliphatic carbocycles. The molecule has 5 rings (SSSR count). The average Bonchev–Trinajstić information content (AvgIpc) is 4.07. The summed E-state index contributed by atoms with van der Waals surface area (Å²) in [5.74, 6) is -6.15. The number of rotatable bonds is 26. The summed E-state index contributed by atoms with van der Waals surface area (Å²) in [6.07, 6.45) is -8.27. The van der Waals surface area contributed by atoms with Crippen molar-refractivity contribution in [2.75, 3.05) is 66.6 Å². The Morgan fingerprint density at radius 3 is 1.24 bits per heavy atom. The molecule has 0 saturated carbocycles. The van der Waals surface area contributed by atoms with Gasteiger partial charge in [0.25, 0.3) is 0 Å². The van der Waals surface area contributed by atoms with E-state index in [0.29, 0.717) is 36.8 Å². The molecule has 406 valence electrons. The van der Waals surface area contributed by atoms with Crippen molar-refractivity contribution in [1.29, 1.82) is 0 Å². The van der Waals surface area contributed by atoms with E-state index in [1.165, 1.54) is 9.80 Å². The molecule has 0 radical (unpaired) electrons. The molecule has 6 amide bonds. The van der Waals surface area contributed by atoms with Gasteiger partial charge in [0, 0.05) is 51.4 Å². The van der Waals surface area contributed by atoms with E-state index in [0.717, 1.165) is 20.9 Å². The summed E-state index contributed by atoms with van der Waals surface area (Å²) in [6.45, 7) is 1.83. The first-order valence-electron chi connectivity index (χ1n) is 24.8. The summed E-state index contributed by atoms with van der Waals surface area (Å²) >= 11 is 0. The molecule has 4 N–H and O–H groups in total. The van der Waals surface area contributed by atoms with Crippen LogP contribution in [0, 0.1) is 0 Å². The zero-order valence-electron chi connectivity index (χ0n) is 42.2. The summed E-state index contributed by atoms with van der Waals surface area (Å²) in [5, 5.41) is 11.0. The van der Waals surface area contributed by atoms with E-state index in [4.69, 9.17) is 9.47 Å². The fourth-order valence-electron chi connectivity index (χ4n) is 8.79. The van der Waals surface area contributed by atoms with Crippen molar-refractivity contribution in [3.63, 3.8) is 0 Å². The molecule has 16 nitrogen and oxygen atoms in total. The molecule has 3 aromatic rings. The van der Waals surface area contributed by atoms with Crippen molar-refractivity contribution in [3.05, 3.63) is 107 Å². The standard InChI is InChI=1S/C52H68F6N8O8/c1-35(59-3)45(67)61-43(47(69)65-25-11-17-41(65)29-63(49(71)51(53,54)55)27-23-37-13-7-5-8-14-37)33-73-31-39-19-21-40(22-20-39)32-74-34-44(62-46(68)36(2)60-4)48(70)66-26-12-18-42(66)30-64(50(72)52(56,57)58)28-24-38-15-9-6-10-16-38/h5-10,13-16,19-22,35-36,41-44,59-60H,11-12,17-18,23-34H2,1-4H3,(H,61,67)(H,62,68)/t35-,36-,41-,42-,43-,44-/m0/s1. The maximum absolute atomic E-state index is 14.1. The SMILES string of the molecule is CN[C@@H](C)C(=O)N[C@@H](COCc1ccc(COC[C@H](NC(=O)[C@H](C)NC)C(=O)N2CCC[C@H]2CN(CCc2ccccc2)C(=O)C(F)(F)F)cc1)C(=O)N1CCC[C@H]1CN(CCc1ccccc1)C(=O)C(F)(F)F. The molecule has 2 heterocycles. The number of carbonyl (C=O) groups excluding carboxylic acids is 6. The van der Waals surface area contributed by atoms with Gasteiger partial charge in [-0.3, -0.25) is 28.8 Å². The van der Waals surface area contributed by atoms with Crippen LogP contribution in [0.3, 0.4) is 0 Å². The number of halogens is 6. The Hall–Kier alpha value is -6.10. The van der Waals surface area contributed by atoms with E-state index in [-0.39, 0.29) is 78.5 Å². The fraction of sp³-hybridized carbons (Fsp3) is 0.538. The van der Waals surface area contributed by atoms with Crippen LogP contribution in [-0.2, 0) is 64.3 Å². The van der Waals surface area contributed by atoms with E-state index >= 15 is 0 Å². The number of hydrogen-bond acceptors (Lipinski definition) is 10. The molecule has 0 spiro atoms. The third kappa shape index (κ3) is 17.5. The molecular formula is C52H68F6N8O8. The van der Waals surface area contributed by atoms with Crippen LogP contribution in [0.4, 0.5) is 26.3 Å². The van der Waals surface area contributed by atoms with Crippen LogP contribution in [0.25, 0.3) is 0 Å². The second kappa shape index (κ2) is 28.0. The topological polar surface area (TPSA) is 182 Å². The van der Waals surface area contributed by atoms with E-state index in [1.807, 2.05) is 0 Å². The summed E-state index contributed by atoms with van der Waals surface area (Å²) < 4.78 is 94.7. The van der Waals surface area contributed by atoms with E-state index < -0.39 is 84.0 Å². The van der Waals surface area contributed by atoms with E-state index in [9.17, 15) is 55.1 Å². The number of ether oxygens (including phenoxy) is 2. The molecular weight excluding hydrogens is 979 g/mol. The molecule has 6 atom stereocenters. The van der Waals surface area contributed by atoms with Gasteiger partial charge in [0.2, 0.25) is 23.6 Å². The molecule has 0 aromatic heterocycles. The first kappa shape index (κ1) is 58.8. The number of alkyl halides is 6. The van der Waals surface area contributed by atoms with E-state index in [1.54, 1.807) is 113 Å². The first-order chi connectivity index (χ1) is 35.2. The molecule has 2 aliphatic rings. The highest BCUT2D eigenvalue weighted by Gasteiger charge is 2.46. The van der Waals surface area contributed by atoms with Crippen molar-refractivity contribution < 1.29 is 64.6 Å². The zero-order chi connectivity index (χ0) is 54.0. The first-order valence-corrected chi connectivity index (χ1v) is 24.8. The highest BCUT2D eigenvalue weighted by Crippen LogP contribution is 2.26. The van der Waals surface area contributed by atoms with Crippen LogP contribution in [0.5, 0.6) is 0 Å². The summed E-state index contributed by atoms with van der Waals surface area (Å²) in [4.78, 5) is 83.9. The predicted octanol–water partition coefficient (Wildman–Crippen LogP) is 4.15. The van der Waals surface area contributed by atoms with Gasteiger partial charge in [-0.25, -0.2) is 0 Å². The molecule has 2 saturated heterocycles. The van der Waals surface area contributed by atoms with Crippen molar-refractivity contribution in [2.45, 2.75) is 114 Å². The lowest BCUT2D eigenvalue weighted by atomic mass is 10.1. The maximum Gasteiger partial charge on any atom is 0.471 e. The quantitative estimate of drug-likeness (QED) is 0.0854. The van der Waals surface area contributed by atoms with Crippen molar-refractivity contribution in [1.82, 2.24) is 40.9 Å². The number of likely N-dealkylation sites (tertiary alicyclic amines) is 2. The molecule has 0 bridgehead atoms. The highest BCUT2D eigenvalue weighted by molar-refractivity contribution is 5.91. The zero-order valence-corrected chi connectivity index (χ0v) is 42.2. The molecule has 0 unspecified atom stereocenters. The van der Waals surface area contributed by atoms with Crippen molar-refractivity contribution in [3.8, 4) is 0 Å². The van der Waals surface area contributed by atoms with Crippen molar-refractivity contribution in [2.24, 2.45) is 0 Å². The highest BCUT2D eigenvalue weighted by atomic mass is 19.4. The van der Waals surface area contributed by atoms with Crippen LogP contribution < -0.4 is 21.3 Å². The maximum atomic E-state index is 14.1. The summed E-state index contributed by atoms with van der Waals surface area (Å²) in [6, 6.07) is 19.2. The van der Waals surface area contributed by atoms with Gasteiger partial charge >= 0.3 is 24.2 Å². The van der Waals surface area contributed by atoms with Gasteiger partial charge < -0.3 is 50.3 Å². The van der Waals surface area contributed by atoms with Crippen LogP contribution in [-0.4, -0.2) is 170 Å². The van der Waals surface area contributed by atoms with Gasteiger partial charge in [-0.05, 0) is 88.7 Å². The largest absolute Gasteiger partial charge is 0.471 e. The number of amides is 6. The minimum atomic E-state index is -5.12. The molecule has 74 heavy (non-hydrogen) atoms. The van der Waals surface area contributed by atoms with Gasteiger partial charge in [0.05, 0.1) is 38.5 Å². The second-order valence-electron chi connectivity index (χ2n) is 18.6. The van der Waals surface area contributed by atoms with Gasteiger partial charge in [0.15, 0.2) is 0 Å². The molecule has 2 fully saturated rings. The van der Waals surface area contributed by atoms with Crippen molar-refractivity contribution >= 4 is 35.4 Å². The summed E-state index contributed by atoms with van der Waals surface area (Å²) in [7, 11) is 3.13. The van der Waals surface area contributed by atoms with Gasteiger partial charge in [-0.1, -0.05) is 84.9 Å². The minimum absolute atomic E-state index is 0.0132. The number of benzene rings is 3. The Labute approximate surface area is 427 Å². The van der Waals surface area contributed by atoms with Crippen LogP contribution in [0.15, 0.2) is 84.9 Å². The number of carbonyl (C=O) groups is 6. The lowest BCUT2D eigenvalue weighted by Crippen LogP contribution is -2.57. The lowest BCUT2D eigenvalue weighted by molar-refractivity contribution is -0.186. The van der Waals surface area contributed by atoms with Crippen LogP contribution in [0.2, 0.25) is 0 Å². The second-order valence-corrected chi connectivity index (χ2v) is 18.6. The van der Waals surface area contributed by atoms with E-state index in [2.05, 4.69) is 21.3 Å². The Kier molecular flexibility index (Phi) is 22.2. The normalized spacial score (nSPS) is 17.5. The molecule has 22 heteroatoms. The Morgan fingerprint density at radius 2 is 0.919 bits per heavy atom. The minimum Gasteiger partial charge on any atom is -0.374 e. The van der Waals surface area contributed by atoms with Gasteiger partial charge in [0.1, 0.15) is 12.1 Å². The lowest BCUT2D eigenvalue weighted by Gasteiger charge is -2.33. The number of hydrogen-bond donors (Lipinski definition) is 4. The average molecular weight is 1050 g/mol. The van der Waals surface area contributed by atoms with Crippen LogP contribution >= 0.6 is 0 Å². The van der Waals surface area contributed by atoms with Gasteiger partial charge in [-0.2, -0.15) is 26.3 Å². The number of likely N-dealkylation sites (N-methyl/N-ethyl adjacent to an activating group) is 2. The third-order valence-electron chi connectivity index (χ3n) is 13.3. The summed E-state index contributed by atoms with van der Waals surface area (Å²) in [5.41, 5.74) is 2.82. The third-order valence-corrected chi connectivity index (χ3v) is 13.3. The Bertz CT molecular complexity index is 2140. The number of nitrogens with zero attached hydrogens (tertiary/aromatic N) is 4.